The number of nitrogens with zero attached hydrogens (tertiary/aromatic N) is 1. The molecule has 0 saturated carbocycles. The molecule has 0 aliphatic carbocycles. The highest BCUT2D eigenvalue weighted by atomic mass is 32.2. The molecule has 0 bridgehead atoms. The Balaban J connectivity index is 1.85. The molecule has 0 radical (unpaired) electrons. The highest BCUT2D eigenvalue weighted by Crippen LogP contribution is 2.20. The predicted octanol–water partition coefficient (Wildman–Crippen LogP) is 1.86. The zero-order valence-corrected chi connectivity index (χ0v) is 10.00. The maximum Gasteiger partial charge on any atom is 0.149 e. The number of nitrogens with one attached hydrogen (secondary N) is 1. The first-order valence-electron chi connectivity index (χ1n) is 4.65. The van der Waals surface area contributed by atoms with Gasteiger partial charge in [-0.25, -0.2) is 4.98 Å². The van der Waals surface area contributed by atoms with E-state index < -0.39 is 0 Å². The van der Waals surface area contributed by atoms with Gasteiger partial charge < -0.3 is 10.1 Å². The highest BCUT2D eigenvalue weighted by molar-refractivity contribution is 8.00. The Bertz CT molecular complexity index is 217. The Labute approximate surface area is 93.3 Å². The van der Waals surface area contributed by atoms with Crippen LogP contribution in [0.3, 0.4) is 0 Å². The van der Waals surface area contributed by atoms with Crippen molar-refractivity contribution in [3.63, 3.8) is 0 Å². The molecule has 0 saturated heterocycles. The standard InChI is InChI=1S/C9H16N2OS2/c1-12-6-4-10-3-2-7-13-9-11-5-8-14-9/h5,8,10H,2-4,6-7H2,1H3. The van der Waals surface area contributed by atoms with Gasteiger partial charge in [-0.05, 0) is 13.0 Å². The molecule has 3 nitrogen and oxygen atoms in total. The maximum atomic E-state index is 4.93. The van der Waals surface area contributed by atoms with Gasteiger partial charge in [0.05, 0.1) is 6.61 Å². The lowest BCUT2D eigenvalue weighted by Gasteiger charge is -2.02. The van der Waals surface area contributed by atoms with Crippen LogP contribution < -0.4 is 5.32 Å². The van der Waals surface area contributed by atoms with Crippen LogP contribution in [-0.2, 0) is 4.74 Å². The van der Waals surface area contributed by atoms with Gasteiger partial charge in [0.2, 0.25) is 0 Å². The summed E-state index contributed by atoms with van der Waals surface area (Å²) in [5.41, 5.74) is 0. The average Bonchev–Trinajstić information content (AvgIpc) is 2.69. The number of ether oxygens (including phenoxy) is 1. The molecule has 1 heterocycles. The van der Waals surface area contributed by atoms with Gasteiger partial charge in [-0.2, -0.15) is 0 Å². The third kappa shape index (κ3) is 5.59. The molecule has 14 heavy (non-hydrogen) atoms. The summed E-state index contributed by atoms with van der Waals surface area (Å²) >= 11 is 3.53. The van der Waals surface area contributed by atoms with Gasteiger partial charge in [0.15, 0.2) is 0 Å². The van der Waals surface area contributed by atoms with Gasteiger partial charge in [0, 0.05) is 31.0 Å². The highest BCUT2D eigenvalue weighted by Gasteiger charge is 1.95. The minimum absolute atomic E-state index is 0.791. The smallest absolute Gasteiger partial charge is 0.149 e. The number of methoxy groups -OCH3 is 1. The lowest BCUT2D eigenvalue weighted by atomic mass is 10.5. The second-order valence-electron chi connectivity index (χ2n) is 2.74. The normalized spacial score (nSPS) is 10.6. The molecule has 0 fully saturated rings. The molecular formula is C9H16N2OS2. The first-order chi connectivity index (χ1) is 6.93. The quantitative estimate of drug-likeness (QED) is 0.548. The van der Waals surface area contributed by atoms with E-state index in [0.717, 1.165) is 25.4 Å². The van der Waals surface area contributed by atoms with Gasteiger partial charge in [-0.1, -0.05) is 11.8 Å². The zero-order valence-electron chi connectivity index (χ0n) is 8.36. The number of hydrogen-bond acceptors (Lipinski definition) is 5. The molecule has 1 rings (SSSR count). The zero-order chi connectivity index (χ0) is 10.1. The lowest BCUT2D eigenvalue weighted by molar-refractivity contribution is 0.199. The summed E-state index contributed by atoms with van der Waals surface area (Å²) in [6.45, 7) is 2.79. The van der Waals surface area contributed by atoms with Crippen LogP contribution in [0, 0.1) is 0 Å². The van der Waals surface area contributed by atoms with Crippen molar-refractivity contribution in [2.45, 2.75) is 10.8 Å². The Morgan fingerprint density at radius 2 is 2.50 bits per heavy atom. The Kier molecular flexibility index (Phi) is 7.04. The van der Waals surface area contributed by atoms with Gasteiger partial charge in [0.25, 0.3) is 0 Å². The van der Waals surface area contributed by atoms with Crippen molar-refractivity contribution >= 4 is 23.1 Å². The number of thiazole rings is 1. The van der Waals surface area contributed by atoms with Crippen molar-refractivity contribution in [2.24, 2.45) is 0 Å². The number of thioether (sulfide) groups is 1. The summed E-state index contributed by atoms with van der Waals surface area (Å²) in [6.07, 6.45) is 3.03. The number of hydrogen-bond donors (Lipinski definition) is 1. The van der Waals surface area contributed by atoms with E-state index in [4.69, 9.17) is 4.74 Å². The second kappa shape index (κ2) is 8.23. The summed E-state index contributed by atoms with van der Waals surface area (Å²) in [7, 11) is 1.72. The minimum atomic E-state index is 0.791. The third-order valence-corrected chi connectivity index (χ3v) is 3.67. The average molecular weight is 232 g/mol. The maximum absolute atomic E-state index is 4.93. The van der Waals surface area contributed by atoms with Gasteiger partial charge in [0.1, 0.15) is 4.34 Å². The van der Waals surface area contributed by atoms with E-state index in [1.165, 1.54) is 10.8 Å². The topological polar surface area (TPSA) is 34.1 Å². The van der Waals surface area contributed by atoms with Crippen molar-refractivity contribution in [1.29, 1.82) is 0 Å². The van der Waals surface area contributed by atoms with Gasteiger partial charge in [-0.3, -0.25) is 0 Å². The molecule has 0 spiro atoms. The van der Waals surface area contributed by atoms with Crippen molar-refractivity contribution in [3.05, 3.63) is 11.6 Å². The Morgan fingerprint density at radius 3 is 3.21 bits per heavy atom. The summed E-state index contributed by atoms with van der Waals surface area (Å²) in [6, 6.07) is 0. The predicted molar refractivity (Wildman–Crippen MR) is 62.2 cm³/mol. The van der Waals surface area contributed by atoms with E-state index in [9.17, 15) is 0 Å². The fourth-order valence-corrected chi connectivity index (χ4v) is 2.58. The molecule has 0 aliphatic rings. The SMILES string of the molecule is COCCNCCCSc1nccs1. The molecule has 5 heteroatoms. The Hall–Kier alpha value is -0.100. The molecule has 1 aromatic heterocycles. The fraction of sp³-hybridized carbons (Fsp3) is 0.667. The van der Waals surface area contributed by atoms with E-state index in [1.807, 2.05) is 23.3 Å². The van der Waals surface area contributed by atoms with Crippen LogP contribution in [0.4, 0.5) is 0 Å². The van der Waals surface area contributed by atoms with Crippen molar-refractivity contribution in [2.75, 3.05) is 32.6 Å². The van der Waals surface area contributed by atoms with Crippen LogP contribution in [0.15, 0.2) is 15.9 Å². The van der Waals surface area contributed by atoms with Crippen LogP contribution in [0.2, 0.25) is 0 Å². The minimum Gasteiger partial charge on any atom is -0.383 e. The summed E-state index contributed by atoms with van der Waals surface area (Å²) in [5.74, 6) is 1.13. The van der Waals surface area contributed by atoms with Crippen LogP contribution in [0.25, 0.3) is 0 Å². The van der Waals surface area contributed by atoms with Gasteiger partial charge in [-0.15, -0.1) is 11.3 Å². The molecule has 1 N–H and O–H groups in total. The van der Waals surface area contributed by atoms with E-state index in [1.54, 1.807) is 18.4 Å². The molecule has 80 valence electrons. The molecule has 0 unspecified atom stereocenters. The molecular weight excluding hydrogens is 216 g/mol. The third-order valence-electron chi connectivity index (χ3n) is 1.62. The van der Waals surface area contributed by atoms with Crippen LogP contribution in [0.5, 0.6) is 0 Å². The summed E-state index contributed by atoms with van der Waals surface area (Å²) in [4.78, 5) is 4.20. The largest absolute Gasteiger partial charge is 0.383 e. The monoisotopic (exact) mass is 232 g/mol. The summed E-state index contributed by atoms with van der Waals surface area (Å²) in [5, 5.41) is 5.32. The first-order valence-corrected chi connectivity index (χ1v) is 6.52. The van der Waals surface area contributed by atoms with Crippen LogP contribution in [0.1, 0.15) is 6.42 Å². The van der Waals surface area contributed by atoms with Crippen LogP contribution in [-0.4, -0.2) is 37.5 Å². The molecule has 1 aromatic rings. The van der Waals surface area contributed by atoms with E-state index in [0.29, 0.717) is 0 Å². The summed E-state index contributed by atoms with van der Waals surface area (Å²) < 4.78 is 6.10. The molecule has 0 aliphatic heterocycles. The van der Waals surface area contributed by atoms with E-state index in [2.05, 4.69) is 10.3 Å². The van der Waals surface area contributed by atoms with Crippen molar-refractivity contribution < 1.29 is 4.74 Å². The van der Waals surface area contributed by atoms with Crippen molar-refractivity contribution in [1.82, 2.24) is 10.3 Å². The van der Waals surface area contributed by atoms with E-state index in [-0.39, 0.29) is 0 Å². The second-order valence-corrected chi connectivity index (χ2v) is 4.98. The molecule has 0 amide bonds. The van der Waals surface area contributed by atoms with Crippen molar-refractivity contribution in [3.8, 4) is 0 Å². The number of aromatic nitrogens is 1. The lowest BCUT2D eigenvalue weighted by Crippen LogP contribution is -2.20. The molecule has 0 aromatic carbocycles. The Morgan fingerprint density at radius 1 is 1.57 bits per heavy atom. The van der Waals surface area contributed by atoms with E-state index >= 15 is 0 Å². The fourth-order valence-electron chi connectivity index (χ4n) is 0.938. The van der Waals surface area contributed by atoms with Crippen LogP contribution >= 0.6 is 23.1 Å². The number of rotatable bonds is 8. The first kappa shape index (κ1) is 12.0. The van der Waals surface area contributed by atoms with Gasteiger partial charge >= 0.3 is 0 Å². The molecule has 0 atom stereocenters.